The van der Waals surface area contributed by atoms with Crippen LogP contribution >= 0.6 is 0 Å². The fourth-order valence-corrected chi connectivity index (χ4v) is 3.55. The monoisotopic (exact) mass is 448 g/mol. The fourth-order valence-electron chi connectivity index (χ4n) is 3.55. The lowest BCUT2D eigenvalue weighted by Gasteiger charge is -2.11. The third-order valence-electron chi connectivity index (χ3n) is 5.30. The first kappa shape index (κ1) is 22.1. The van der Waals surface area contributed by atoms with Crippen molar-refractivity contribution in [3.63, 3.8) is 0 Å². The van der Waals surface area contributed by atoms with Gasteiger partial charge in [-0.15, -0.1) is 0 Å². The Hall–Kier alpha value is -4.14. The van der Waals surface area contributed by atoms with E-state index in [0.717, 1.165) is 11.1 Å². The molecule has 9 nitrogen and oxygen atoms in total. The zero-order valence-corrected chi connectivity index (χ0v) is 18.9. The maximum absolute atomic E-state index is 13.2. The van der Waals surface area contributed by atoms with E-state index in [0.29, 0.717) is 46.8 Å². The molecule has 0 atom stereocenters. The molecule has 4 rings (SSSR count). The number of hydrogen-bond donors (Lipinski definition) is 0. The largest absolute Gasteiger partial charge is 0.497 e. The number of methoxy groups -OCH3 is 4. The quantitative estimate of drug-likeness (QED) is 0.406. The number of hydrogen-bond acceptors (Lipinski definition) is 8. The van der Waals surface area contributed by atoms with Crippen molar-refractivity contribution in [2.45, 2.75) is 13.0 Å². The Morgan fingerprint density at radius 1 is 0.879 bits per heavy atom. The normalized spacial score (nSPS) is 10.8. The third-order valence-corrected chi connectivity index (χ3v) is 5.30. The molecule has 0 saturated carbocycles. The summed E-state index contributed by atoms with van der Waals surface area (Å²) < 4.78 is 22.7. The van der Waals surface area contributed by atoms with Crippen LogP contribution in [0.1, 0.15) is 5.56 Å². The average molecular weight is 448 g/mol. The zero-order valence-electron chi connectivity index (χ0n) is 18.9. The van der Waals surface area contributed by atoms with Gasteiger partial charge in [0.1, 0.15) is 11.5 Å². The molecule has 4 aromatic rings. The molecule has 2 heterocycles. The number of aromatic nitrogens is 4. The molecule has 0 unspecified atom stereocenters. The highest BCUT2D eigenvalue weighted by Gasteiger charge is 2.13. The van der Waals surface area contributed by atoms with E-state index in [2.05, 4.69) is 15.0 Å². The second kappa shape index (κ2) is 9.56. The van der Waals surface area contributed by atoms with E-state index in [4.69, 9.17) is 18.9 Å². The Morgan fingerprint density at radius 2 is 1.64 bits per heavy atom. The highest BCUT2D eigenvalue weighted by Crippen LogP contribution is 2.30. The van der Waals surface area contributed by atoms with E-state index in [1.54, 1.807) is 43.4 Å². The first-order valence-corrected chi connectivity index (χ1v) is 10.2. The second-order valence-corrected chi connectivity index (χ2v) is 7.23. The van der Waals surface area contributed by atoms with E-state index < -0.39 is 0 Å². The second-order valence-electron chi connectivity index (χ2n) is 7.23. The SMILES string of the molecule is COc1cc(CCn2cnc3ccc(-c4cnc(OC)nc4OC)cc3c2=O)cc(OC)c1. The van der Waals surface area contributed by atoms with Crippen LogP contribution in [0, 0.1) is 0 Å². The van der Waals surface area contributed by atoms with Gasteiger partial charge in [-0.2, -0.15) is 4.98 Å². The summed E-state index contributed by atoms with van der Waals surface area (Å²) >= 11 is 0. The van der Waals surface area contributed by atoms with Gasteiger partial charge in [0.2, 0.25) is 5.88 Å². The molecule has 0 amide bonds. The Labute approximate surface area is 190 Å². The summed E-state index contributed by atoms with van der Waals surface area (Å²) in [4.78, 5) is 26.1. The molecule has 0 aliphatic carbocycles. The number of rotatable bonds is 8. The molecule has 2 aromatic carbocycles. The molecule has 0 spiro atoms. The number of aryl methyl sites for hydroxylation is 2. The lowest BCUT2D eigenvalue weighted by Crippen LogP contribution is -2.21. The lowest BCUT2D eigenvalue weighted by atomic mass is 10.1. The van der Waals surface area contributed by atoms with E-state index in [9.17, 15) is 4.79 Å². The molecular weight excluding hydrogens is 424 g/mol. The van der Waals surface area contributed by atoms with Crippen molar-refractivity contribution in [3.8, 4) is 34.5 Å². The molecule has 0 bridgehead atoms. The summed E-state index contributed by atoms with van der Waals surface area (Å²) in [5, 5.41) is 0.496. The van der Waals surface area contributed by atoms with Gasteiger partial charge >= 0.3 is 6.01 Å². The Bertz CT molecular complexity index is 1330. The van der Waals surface area contributed by atoms with Gasteiger partial charge in [0, 0.05) is 18.8 Å². The van der Waals surface area contributed by atoms with E-state index in [1.165, 1.54) is 14.2 Å². The van der Waals surface area contributed by atoms with Gasteiger partial charge in [0.25, 0.3) is 5.56 Å². The topological polar surface area (TPSA) is 97.6 Å². The van der Waals surface area contributed by atoms with Crippen LogP contribution < -0.4 is 24.5 Å². The van der Waals surface area contributed by atoms with Crippen molar-refractivity contribution in [2.75, 3.05) is 28.4 Å². The van der Waals surface area contributed by atoms with Gasteiger partial charge in [0.15, 0.2) is 0 Å². The maximum Gasteiger partial charge on any atom is 0.319 e. The van der Waals surface area contributed by atoms with Gasteiger partial charge in [-0.25, -0.2) is 9.97 Å². The highest BCUT2D eigenvalue weighted by atomic mass is 16.5. The molecule has 0 radical (unpaired) electrons. The summed E-state index contributed by atoms with van der Waals surface area (Å²) in [6.07, 6.45) is 3.79. The third kappa shape index (κ3) is 4.57. The van der Waals surface area contributed by atoms with Crippen molar-refractivity contribution in [1.29, 1.82) is 0 Å². The number of benzene rings is 2. The molecule has 2 aromatic heterocycles. The molecule has 0 aliphatic rings. The van der Waals surface area contributed by atoms with Crippen molar-refractivity contribution in [1.82, 2.24) is 19.5 Å². The summed E-state index contributed by atoms with van der Waals surface area (Å²) in [7, 11) is 6.22. The molecular formula is C24H24N4O5. The number of fused-ring (bicyclic) bond motifs is 1. The molecule has 0 saturated heterocycles. The van der Waals surface area contributed by atoms with Crippen molar-refractivity contribution in [3.05, 3.63) is 64.8 Å². The minimum Gasteiger partial charge on any atom is -0.497 e. The first-order valence-electron chi connectivity index (χ1n) is 10.2. The summed E-state index contributed by atoms with van der Waals surface area (Å²) in [5.41, 5.74) is 2.86. The summed E-state index contributed by atoms with van der Waals surface area (Å²) in [6, 6.07) is 11.3. The van der Waals surface area contributed by atoms with Gasteiger partial charge in [-0.1, -0.05) is 6.07 Å². The average Bonchev–Trinajstić information content (AvgIpc) is 2.87. The summed E-state index contributed by atoms with van der Waals surface area (Å²) in [5.74, 6) is 1.76. The smallest absolute Gasteiger partial charge is 0.319 e. The van der Waals surface area contributed by atoms with Crippen LogP contribution in [-0.4, -0.2) is 48.0 Å². The molecule has 33 heavy (non-hydrogen) atoms. The van der Waals surface area contributed by atoms with Crippen molar-refractivity contribution < 1.29 is 18.9 Å². The Balaban J connectivity index is 1.67. The molecule has 0 N–H and O–H groups in total. The fraction of sp³-hybridized carbons (Fsp3) is 0.250. The Morgan fingerprint density at radius 3 is 2.30 bits per heavy atom. The predicted molar refractivity (Wildman–Crippen MR) is 123 cm³/mol. The van der Waals surface area contributed by atoms with E-state index in [1.807, 2.05) is 24.3 Å². The minimum absolute atomic E-state index is 0.134. The zero-order chi connectivity index (χ0) is 23.4. The first-order chi connectivity index (χ1) is 16.1. The van der Waals surface area contributed by atoms with Gasteiger partial charge in [0.05, 0.1) is 51.2 Å². The van der Waals surface area contributed by atoms with Crippen LogP contribution in [0.4, 0.5) is 0 Å². The number of ether oxygens (including phenoxy) is 4. The summed E-state index contributed by atoms with van der Waals surface area (Å²) in [6.45, 7) is 0.456. The molecule has 9 heteroatoms. The maximum atomic E-state index is 13.2. The van der Waals surface area contributed by atoms with Crippen LogP contribution in [0.2, 0.25) is 0 Å². The molecule has 170 valence electrons. The van der Waals surface area contributed by atoms with Crippen LogP contribution in [-0.2, 0) is 13.0 Å². The Kier molecular flexibility index (Phi) is 6.39. The van der Waals surface area contributed by atoms with Crippen molar-refractivity contribution in [2.24, 2.45) is 0 Å². The molecule has 0 fully saturated rings. The minimum atomic E-state index is -0.134. The van der Waals surface area contributed by atoms with E-state index in [-0.39, 0.29) is 11.6 Å². The van der Waals surface area contributed by atoms with Gasteiger partial charge in [-0.05, 0) is 41.8 Å². The standard InChI is InChI=1S/C24H24N4O5/c1-30-17-9-15(10-18(12-17)31-2)7-8-28-14-26-21-6-5-16(11-19(21)23(28)29)20-13-25-24(33-4)27-22(20)32-3/h5-6,9-14H,7-8H2,1-4H3. The lowest BCUT2D eigenvalue weighted by molar-refractivity contribution is 0.353. The van der Waals surface area contributed by atoms with Crippen molar-refractivity contribution >= 4 is 10.9 Å². The number of nitrogens with zero attached hydrogens (tertiary/aromatic N) is 4. The van der Waals surface area contributed by atoms with Gasteiger partial charge < -0.3 is 18.9 Å². The van der Waals surface area contributed by atoms with Crippen LogP contribution in [0.5, 0.6) is 23.4 Å². The van der Waals surface area contributed by atoms with Crippen LogP contribution in [0.25, 0.3) is 22.0 Å². The van der Waals surface area contributed by atoms with E-state index >= 15 is 0 Å². The highest BCUT2D eigenvalue weighted by molar-refractivity contribution is 5.84. The molecule has 0 aliphatic heterocycles. The van der Waals surface area contributed by atoms with Crippen LogP contribution in [0.15, 0.2) is 53.7 Å². The predicted octanol–water partition coefficient (Wildman–Crippen LogP) is 3.13. The van der Waals surface area contributed by atoms with Crippen LogP contribution in [0.3, 0.4) is 0 Å². The van der Waals surface area contributed by atoms with Gasteiger partial charge in [-0.3, -0.25) is 9.36 Å².